The number of aliphatic hydroxyl groups excluding tert-OH is 1. The summed E-state index contributed by atoms with van der Waals surface area (Å²) in [5.74, 6) is 1.74. The Morgan fingerprint density at radius 2 is 2.22 bits per heavy atom. The Kier molecular flexibility index (Phi) is 6.55. The van der Waals surface area contributed by atoms with Crippen molar-refractivity contribution in [3.05, 3.63) is 51.7 Å². The van der Waals surface area contributed by atoms with E-state index in [4.69, 9.17) is 4.74 Å². The molecule has 1 amide bonds. The van der Waals surface area contributed by atoms with Crippen molar-refractivity contribution in [1.82, 2.24) is 5.32 Å². The number of aliphatic hydroxyl groups is 1. The number of nitrogens with one attached hydrogen (secondary N) is 1. The number of ether oxygens (including phenoxy) is 1. The van der Waals surface area contributed by atoms with Crippen molar-refractivity contribution < 1.29 is 14.6 Å². The molecule has 0 spiro atoms. The van der Waals surface area contributed by atoms with Gasteiger partial charge in [-0.1, -0.05) is 32.4 Å². The van der Waals surface area contributed by atoms with Gasteiger partial charge >= 0.3 is 0 Å². The van der Waals surface area contributed by atoms with Crippen LogP contribution in [0, 0.1) is 18.8 Å². The lowest BCUT2D eigenvalue weighted by Gasteiger charge is -2.20. The minimum Gasteiger partial charge on any atom is -0.493 e. The van der Waals surface area contributed by atoms with Gasteiger partial charge in [-0.15, -0.1) is 11.3 Å². The second kappa shape index (κ2) is 8.89. The third kappa shape index (κ3) is 4.90. The molecular weight excluding hydrogens is 358 g/mol. The molecule has 1 aliphatic rings. The van der Waals surface area contributed by atoms with Crippen LogP contribution < -0.4 is 10.1 Å². The van der Waals surface area contributed by atoms with Crippen molar-refractivity contribution in [3.63, 3.8) is 0 Å². The van der Waals surface area contributed by atoms with Crippen LogP contribution in [0.5, 0.6) is 5.75 Å². The summed E-state index contributed by atoms with van der Waals surface area (Å²) in [4.78, 5) is 13.9. The number of hydrogen-bond acceptors (Lipinski definition) is 4. The Morgan fingerprint density at radius 3 is 2.85 bits per heavy atom. The normalized spacial score (nSPS) is 20.7. The Morgan fingerprint density at radius 1 is 1.41 bits per heavy atom. The van der Waals surface area contributed by atoms with Crippen LogP contribution in [0.25, 0.3) is 0 Å². The van der Waals surface area contributed by atoms with E-state index in [9.17, 15) is 9.90 Å². The van der Waals surface area contributed by atoms with Crippen LogP contribution in [-0.2, 0) is 4.79 Å². The Labute approximate surface area is 165 Å². The zero-order valence-corrected chi connectivity index (χ0v) is 17.1. The molecule has 0 aliphatic heterocycles. The largest absolute Gasteiger partial charge is 0.493 e. The number of carbonyl (C=O) groups is 1. The molecule has 1 aromatic carbocycles. The minimum atomic E-state index is -0.384. The van der Waals surface area contributed by atoms with Gasteiger partial charge in [-0.05, 0) is 54.0 Å². The van der Waals surface area contributed by atoms with Crippen molar-refractivity contribution in [3.8, 4) is 5.75 Å². The first kappa shape index (κ1) is 19.9. The van der Waals surface area contributed by atoms with Crippen LogP contribution in [0.2, 0.25) is 0 Å². The molecule has 3 rings (SSSR count). The monoisotopic (exact) mass is 387 g/mol. The Bertz CT molecular complexity index is 759. The van der Waals surface area contributed by atoms with Crippen LogP contribution in [0.1, 0.15) is 54.7 Å². The van der Waals surface area contributed by atoms with Gasteiger partial charge in [0.2, 0.25) is 5.91 Å². The summed E-state index contributed by atoms with van der Waals surface area (Å²) in [6.07, 6.45) is 1.98. The fourth-order valence-corrected chi connectivity index (χ4v) is 4.19. The quantitative estimate of drug-likeness (QED) is 0.669. The number of amides is 1. The van der Waals surface area contributed by atoms with Gasteiger partial charge in [0.05, 0.1) is 19.3 Å². The van der Waals surface area contributed by atoms with Gasteiger partial charge in [-0.2, -0.15) is 0 Å². The number of rotatable bonds is 9. The predicted molar refractivity (Wildman–Crippen MR) is 109 cm³/mol. The third-order valence-corrected chi connectivity index (χ3v) is 6.39. The van der Waals surface area contributed by atoms with E-state index in [0.717, 1.165) is 29.7 Å². The van der Waals surface area contributed by atoms with Gasteiger partial charge < -0.3 is 15.2 Å². The lowest BCUT2D eigenvalue weighted by atomic mass is 10.0. The molecule has 5 heteroatoms. The summed E-state index contributed by atoms with van der Waals surface area (Å²) in [7, 11) is 0. The first-order valence-corrected chi connectivity index (χ1v) is 10.6. The average molecular weight is 388 g/mol. The van der Waals surface area contributed by atoms with Gasteiger partial charge in [0.25, 0.3) is 0 Å². The van der Waals surface area contributed by atoms with Gasteiger partial charge in [0, 0.05) is 16.7 Å². The van der Waals surface area contributed by atoms with E-state index in [2.05, 4.69) is 25.2 Å². The molecular formula is C22H29NO3S. The topological polar surface area (TPSA) is 58.6 Å². The van der Waals surface area contributed by atoms with Crippen molar-refractivity contribution in [2.75, 3.05) is 13.2 Å². The van der Waals surface area contributed by atoms with Gasteiger partial charge in [0.1, 0.15) is 5.75 Å². The summed E-state index contributed by atoms with van der Waals surface area (Å²) in [5.41, 5.74) is 1.96. The molecule has 27 heavy (non-hydrogen) atoms. The van der Waals surface area contributed by atoms with E-state index in [-0.39, 0.29) is 24.5 Å². The fourth-order valence-electron chi connectivity index (χ4n) is 3.29. The maximum absolute atomic E-state index is 12.6. The van der Waals surface area contributed by atoms with Gasteiger partial charge in [-0.3, -0.25) is 4.79 Å². The molecule has 1 heterocycles. The molecule has 4 atom stereocenters. The highest BCUT2D eigenvalue weighted by Crippen LogP contribution is 2.49. The lowest BCUT2D eigenvalue weighted by Crippen LogP contribution is -2.32. The summed E-state index contributed by atoms with van der Waals surface area (Å²) in [5, 5.41) is 14.9. The van der Waals surface area contributed by atoms with Gasteiger partial charge in [0.15, 0.2) is 0 Å². The maximum Gasteiger partial charge on any atom is 0.224 e. The van der Waals surface area contributed by atoms with Crippen LogP contribution >= 0.6 is 11.3 Å². The van der Waals surface area contributed by atoms with E-state index in [1.165, 1.54) is 4.88 Å². The van der Waals surface area contributed by atoms with E-state index >= 15 is 0 Å². The SMILES string of the molecule is CC[C@H](C)COc1ccc([C@H](CO)NC(=O)[C@H]2C[C@@H]2c2cccs2)c(C)c1. The van der Waals surface area contributed by atoms with Crippen LogP contribution in [0.4, 0.5) is 0 Å². The minimum absolute atomic E-state index is 0.0242. The molecule has 0 unspecified atom stereocenters. The molecule has 0 saturated heterocycles. The van der Waals surface area contributed by atoms with Crippen molar-refractivity contribution in [2.24, 2.45) is 11.8 Å². The number of aryl methyl sites for hydroxylation is 1. The first-order chi connectivity index (χ1) is 13.0. The molecule has 1 aromatic heterocycles. The zero-order chi connectivity index (χ0) is 19.4. The number of benzene rings is 1. The van der Waals surface area contributed by atoms with Crippen LogP contribution in [0.15, 0.2) is 35.7 Å². The zero-order valence-electron chi connectivity index (χ0n) is 16.3. The molecule has 1 aliphatic carbocycles. The summed E-state index contributed by atoms with van der Waals surface area (Å²) < 4.78 is 5.84. The molecule has 1 saturated carbocycles. The second-order valence-electron chi connectivity index (χ2n) is 7.55. The predicted octanol–water partition coefficient (Wildman–Crippen LogP) is 4.43. The van der Waals surface area contributed by atoms with Crippen LogP contribution in [0.3, 0.4) is 0 Å². The molecule has 0 radical (unpaired) electrons. The molecule has 146 valence electrons. The van der Waals surface area contributed by atoms with E-state index in [0.29, 0.717) is 18.4 Å². The molecule has 2 aromatic rings. The molecule has 1 fully saturated rings. The smallest absolute Gasteiger partial charge is 0.224 e. The fraction of sp³-hybridized carbons (Fsp3) is 0.500. The molecule has 4 nitrogen and oxygen atoms in total. The summed E-state index contributed by atoms with van der Waals surface area (Å²) in [6.45, 7) is 6.89. The first-order valence-electron chi connectivity index (χ1n) is 9.71. The van der Waals surface area contributed by atoms with Crippen LogP contribution in [-0.4, -0.2) is 24.2 Å². The molecule has 0 bridgehead atoms. The van der Waals surface area contributed by atoms with Crippen molar-refractivity contribution in [1.29, 1.82) is 0 Å². The average Bonchev–Trinajstić information content (AvgIpc) is 3.29. The highest BCUT2D eigenvalue weighted by molar-refractivity contribution is 7.10. The lowest BCUT2D eigenvalue weighted by molar-refractivity contribution is -0.123. The van der Waals surface area contributed by atoms with Crippen molar-refractivity contribution in [2.45, 2.75) is 45.6 Å². The van der Waals surface area contributed by atoms with E-state index in [1.807, 2.05) is 36.6 Å². The summed E-state index contributed by atoms with van der Waals surface area (Å²) >= 11 is 1.70. The standard InChI is InChI=1S/C22H29NO3S/c1-4-14(2)13-26-16-7-8-17(15(3)10-16)20(12-24)23-22(25)19-11-18(19)21-6-5-9-27-21/h5-10,14,18-20,24H,4,11-13H2,1-3H3,(H,23,25)/t14-,18-,19-,20-/m0/s1. The highest BCUT2D eigenvalue weighted by atomic mass is 32.1. The Balaban J connectivity index is 1.61. The number of carbonyl (C=O) groups excluding carboxylic acids is 1. The molecule has 2 N–H and O–H groups in total. The van der Waals surface area contributed by atoms with Gasteiger partial charge in [-0.25, -0.2) is 0 Å². The van der Waals surface area contributed by atoms with Crippen molar-refractivity contribution >= 4 is 17.2 Å². The highest BCUT2D eigenvalue weighted by Gasteiger charge is 2.45. The second-order valence-corrected chi connectivity index (χ2v) is 8.53. The Hall–Kier alpha value is -1.85. The third-order valence-electron chi connectivity index (χ3n) is 5.38. The van der Waals surface area contributed by atoms with E-state index < -0.39 is 0 Å². The summed E-state index contributed by atoms with van der Waals surface area (Å²) in [6, 6.07) is 9.59. The van der Waals surface area contributed by atoms with E-state index in [1.54, 1.807) is 11.3 Å². The maximum atomic E-state index is 12.6. The number of thiophene rings is 1. The number of hydrogen-bond donors (Lipinski definition) is 2.